The van der Waals surface area contributed by atoms with Crippen LogP contribution in [0.3, 0.4) is 0 Å². The maximum Gasteiger partial charge on any atom is 0.360 e. The van der Waals surface area contributed by atoms with Gasteiger partial charge in [-0.05, 0) is 13.8 Å². The molecule has 0 spiro atoms. The van der Waals surface area contributed by atoms with Crippen molar-refractivity contribution in [2.75, 3.05) is 14.2 Å². The molecule has 0 amide bonds. The minimum absolute atomic E-state index is 0.00434. The summed E-state index contributed by atoms with van der Waals surface area (Å²) in [6, 6.07) is 0. The van der Waals surface area contributed by atoms with Crippen LogP contribution in [0.5, 0.6) is 0 Å². The molecular formula is C44H58N2O10. The fourth-order valence-electron chi connectivity index (χ4n) is 5.60. The van der Waals surface area contributed by atoms with E-state index in [1.165, 1.54) is 12.5 Å². The Morgan fingerprint density at radius 3 is 1.79 bits per heavy atom. The Hall–Kier alpha value is -4.88. The average molecular weight is 775 g/mol. The van der Waals surface area contributed by atoms with Crippen LogP contribution in [-0.2, 0) is 31.8 Å². The number of allylic oxidation sites excluding steroid dienone is 9. The SMILES string of the molecule is C/C=C/C(O)C(C)(C)C1C\C=C/C=C\C=C/C(OC)Cc2nc(co2)C(=O)OC(C(C)(C)C(O)/C=C/C)C/C=C\C(OC)/C=C\C=C/Cc2nc(co2)C(=O)O1. The first-order chi connectivity index (χ1) is 26.8. The van der Waals surface area contributed by atoms with Crippen molar-refractivity contribution in [2.45, 2.75) is 104 Å². The second-order valence-electron chi connectivity index (χ2n) is 14.4. The standard InChI is InChI=1S/C44H58N2O10/c1-9-20-35(47)43(3,4)37-25-17-13-11-12-15-23-32(52-8)28-40-46-34(30-54-40)42(50)56-38(44(5,6)36(48)21-10-2)26-19-24-31(51-7)22-16-14-18-27-39-45-33(29-53-39)41(49)55-37/h9-24,29-32,35-38,47-48H,25-28H2,1-8H3/b12-11-,17-13-,18-14-,20-9+,21-10+,22-16-,23-15-,24-19-. The summed E-state index contributed by atoms with van der Waals surface area (Å²) < 4.78 is 34.2. The first kappa shape index (κ1) is 45.5. The predicted molar refractivity (Wildman–Crippen MR) is 214 cm³/mol. The summed E-state index contributed by atoms with van der Waals surface area (Å²) >= 11 is 0. The molecule has 6 atom stereocenters. The summed E-state index contributed by atoms with van der Waals surface area (Å²) in [5.41, 5.74) is -1.66. The first-order valence-corrected chi connectivity index (χ1v) is 18.7. The number of aliphatic hydroxyl groups excluding tert-OH is 2. The van der Waals surface area contributed by atoms with Gasteiger partial charge in [0.2, 0.25) is 0 Å². The molecule has 56 heavy (non-hydrogen) atoms. The lowest BCUT2D eigenvalue weighted by atomic mass is 9.79. The van der Waals surface area contributed by atoms with E-state index in [2.05, 4.69) is 9.97 Å². The van der Waals surface area contributed by atoms with E-state index in [0.717, 1.165) is 0 Å². The molecule has 0 fully saturated rings. The molecule has 2 aromatic heterocycles. The molecule has 6 unspecified atom stereocenters. The Balaban J connectivity index is 1.93. The molecule has 3 rings (SSSR count). The van der Waals surface area contributed by atoms with Crippen LogP contribution in [-0.4, -0.2) is 83.0 Å². The third-order valence-corrected chi connectivity index (χ3v) is 9.57. The molecule has 12 nitrogen and oxygen atoms in total. The molecule has 12 heteroatoms. The van der Waals surface area contributed by atoms with Gasteiger partial charge in [0.15, 0.2) is 23.2 Å². The van der Waals surface area contributed by atoms with Crippen molar-refractivity contribution >= 4 is 11.9 Å². The lowest BCUT2D eigenvalue weighted by Gasteiger charge is -2.36. The lowest BCUT2D eigenvalue weighted by molar-refractivity contribution is -0.0462. The van der Waals surface area contributed by atoms with Gasteiger partial charge in [-0.3, -0.25) is 0 Å². The molecular weight excluding hydrogens is 716 g/mol. The highest BCUT2D eigenvalue weighted by Crippen LogP contribution is 2.33. The summed E-state index contributed by atoms with van der Waals surface area (Å²) in [5, 5.41) is 21.8. The van der Waals surface area contributed by atoms with Gasteiger partial charge in [0.25, 0.3) is 0 Å². The molecule has 2 N–H and O–H groups in total. The molecule has 1 aliphatic heterocycles. The second-order valence-corrected chi connectivity index (χ2v) is 14.4. The molecule has 1 aliphatic rings. The highest BCUT2D eigenvalue weighted by Gasteiger charge is 2.39. The van der Waals surface area contributed by atoms with Gasteiger partial charge in [-0.2, -0.15) is 0 Å². The minimum Gasteiger partial charge on any atom is -0.457 e. The summed E-state index contributed by atoms with van der Waals surface area (Å²) in [7, 11) is 3.14. The average Bonchev–Trinajstić information content (AvgIpc) is 3.85. The van der Waals surface area contributed by atoms with Crippen molar-refractivity contribution in [1.82, 2.24) is 9.97 Å². The number of hydrogen-bond acceptors (Lipinski definition) is 12. The third kappa shape index (κ3) is 13.7. The molecule has 0 saturated carbocycles. The number of rotatable bonds is 8. The highest BCUT2D eigenvalue weighted by molar-refractivity contribution is 5.87. The van der Waals surface area contributed by atoms with Crippen LogP contribution in [0.4, 0.5) is 0 Å². The summed E-state index contributed by atoms with van der Waals surface area (Å²) in [5.74, 6) is -0.721. The molecule has 3 heterocycles. The van der Waals surface area contributed by atoms with Crippen molar-refractivity contribution < 1.29 is 47.6 Å². The Bertz CT molecular complexity index is 1770. The van der Waals surface area contributed by atoms with Crippen molar-refractivity contribution in [1.29, 1.82) is 0 Å². The number of aliphatic hydroxyl groups is 2. The largest absolute Gasteiger partial charge is 0.457 e. The minimum atomic E-state index is -0.895. The number of cyclic esters (lactones) is 2. The Labute approximate surface area is 330 Å². The predicted octanol–water partition coefficient (Wildman–Crippen LogP) is 7.59. The third-order valence-electron chi connectivity index (χ3n) is 9.57. The van der Waals surface area contributed by atoms with Crippen molar-refractivity contribution in [3.05, 3.63) is 133 Å². The van der Waals surface area contributed by atoms with Gasteiger partial charge in [0, 0.05) is 44.3 Å². The molecule has 0 saturated heterocycles. The van der Waals surface area contributed by atoms with Crippen LogP contribution >= 0.6 is 0 Å². The van der Waals surface area contributed by atoms with E-state index in [4.69, 9.17) is 27.8 Å². The van der Waals surface area contributed by atoms with E-state index < -0.39 is 59.4 Å². The molecule has 4 bridgehead atoms. The molecule has 2 aromatic rings. The van der Waals surface area contributed by atoms with Crippen LogP contribution in [0.1, 0.15) is 87.1 Å². The van der Waals surface area contributed by atoms with Gasteiger partial charge in [0.1, 0.15) is 24.7 Å². The smallest absolute Gasteiger partial charge is 0.360 e. The zero-order chi connectivity index (χ0) is 41.1. The Morgan fingerprint density at radius 1 is 0.696 bits per heavy atom. The number of esters is 2. The van der Waals surface area contributed by atoms with E-state index in [-0.39, 0.29) is 30.1 Å². The second kappa shape index (κ2) is 22.6. The van der Waals surface area contributed by atoms with E-state index >= 15 is 0 Å². The van der Waals surface area contributed by atoms with E-state index in [1.54, 1.807) is 44.6 Å². The van der Waals surface area contributed by atoms with Gasteiger partial charge in [-0.1, -0.05) is 125 Å². The quantitative estimate of drug-likeness (QED) is 0.200. The number of ether oxygens (including phenoxy) is 4. The van der Waals surface area contributed by atoms with Crippen LogP contribution in [0.25, 0.3) is 0 Å². The fraction of sp³-hybridized carbons (Fsp3) is 0.455. The number of aromatic nitrogens is 2. The molecule has 0 radical (unpaired) electrons. The number of carbonyl (C=O) groups excluding carboxylic acids is 2. The summed E-state index contributed by atoms with van der Waals surface area (Å²) in [6.07, 6.45) is 28.4. The van der Waals surface area contributed by atoms with Crippen LogP contribution in [0, 0.1) is 10.8 Å². The highest BCUT2D eigenvalue weighted by atomic mass is 16.6. The van der Waals surface area contributed by atoms with Gasteiger partial charge < -0.3 is 38.0 Å². The van der Waals surface area contributed by atoms with Crippen LogP contribution < -0.4 is 0 Å². The lowest BCUT2D eigenvalue weighted by Crippen LogP contribution is -2.42. The van der Waals surface area contributed by atoms with Gasteiger partial charge in [0.05, 0.1) is 30.8 Å². The van der Waals surface area contributed by atoms with Gasteiger partial charge in [-0.15, -0.1) is 0 Å². The van der Waals surface area contributed by atoms with Crippen molar-refractivity contribution in [3.8, 4) is 0 Å². The monoisotopic (exact) mass is 774 g/mol. The maximum atomic E-state index is 13.4. The number of carbonyl (C=O) groups is 2. The fourth-order valence-corrected chi connectivity index (χ4v) is 5.60. The first-order valence-electron chi connectivity index (χ1n) is 18.7. The van der Waals surface area contributed by atoms with E-state index in [0.29, 0.717) is 18.7 Å². The molecule has 0 aromatic carbocycles. The number of fused-ring (bicyclic) bond motifs is 4. The molecule has 0 aliphatic carbocycles. The van der Waals surface area contributed by atoms with E-state index in [9.17, 15) is 19.8 Å². The number of hydrogen-bond donors (Lipinski definition) is 2. The van der Waals surface area contributed by atoms with Gasteiger partial charge >= 0.3 is 11.9 Å². The normalized spacial score (nSPS) is 26.1. The van der Waals surface area contributed by atoms with Crippen molar-refractivity contribution in [2.24, 2.45) is 10.8 Å². The molecule has 304 valence electrons. The van der Waals surface area contributed by atoms with Gasteiger partial charge in [-0.25, -0.2) is 19.6 Å². The van der Waals surface area contributed by atoms with Crippen LogP contribution in [0.2, 0.25) is 0 Å². The zero-order valence-corrected chi connectivity index (χ0v) is 33.7. The number of oxazole rings is 2. The number of nitrogens with zero attached hydrogens (tertiary/aromatic N) is 2. The summed E-state index contributed by atoms with van der Waals surface area (Å²) in [4.78, 5) is 35.3. The topological polar surface area (TPSA) is 164 Å². The van der Waals surface area contributed by atoms with Crippen molar-refractivity contribution in [3.63, 3.8) is 0 Å². The van der Waals surface area contributed by atoms with E-state index in [1.807, 2.05) is 108 Å². The van der Waals surface area contributed by atoms with Crippen LogP contribution in [0.15, 0.2) is 119 Å². The number of methoxy groups -OCH3 is 2. The summed E-state index contributed by atoms with van der Waals surface area (Å²) in [6.45, 7) is 11.0. The Morgan fingerprint density at radius 2 is 1.21 bits per heavy atom. The Kier molecular flexibility index (Phi) is 18.4. The maximum absolute atomic E-state index is 13.4. The zero-order valence-electron chi connectivity index (χ0n) is 33.7.